The zero-order chi connectivity index (χ0) is 16.1. The van der Waals surface area contributed by atoms with E-state index in [9.17, 15) is 4.79 Å². The number of thioether (sulfide) groups is 1. The fourth-order valence-electron chi connectivity index (χ4n) is 2.44. The normalized spacial score (nSPS) is 10.8. The van der Waals surface area contributed by atoms with Crippen molar-refractivity contribution in [1.82, 2.24) is 9.55 Å². The molecule has 0 fully saturated rings. The first-order valence-electron chi connectivity index (χ1n) is 7.70. The van der Waals surface area contributed by atoms with Gasteiger partial charge in [0.25, 0.3) is 0 Å². The molecule has 1 aromatic heterocycles. The summed E-state index contributed by atoms with van der Waals surface area (Å²) in [6, 6.07) is 17.9. The number of carbonyl (C=O) groups excluding carboxylic acids is 1. The number of amides is 1. The molecule has 1 heterocycles. The molecule has 4 nitrogen and oxygen atoms in total. The van der Waals surface area contributed by atoms with Gasteiger partial charge in [-0.15, -0.1) is 0 Å². The van der Waals surface area contributed by atoms with Crippen molar-refractivity contribution in [2.24, 2.45) is 0 Å². The van der Waals surface area contributed by atoms with Gasteiger partial charge in [0, 0.05) is 17.9 Å². The van der Waals surface area contributed by atoms with Crippen LogP contribution in [0.3, 0.4) is 0 Å². The number of nitrogens with zero attached hydrogens (tertiary/aromatic N) is 2. The third-order valence-corrected chi connectivity index (χ3v) is 4.41. The van der Waals surface area contributed by atoms with Crippen molar-refractivity contribution in [3.63, 3.8) is 0 Å². The maximum Gasteiger partial charge on any atom is 0.227 e. The summed E-state index contributed by atoms with van der Waals surface area (Å²) in [6.07, 6.45) is 0.497. The minimum Gasteiger partial charge on any atom is -0.296 e. The van der Waals surface area contributed by atoms with Gasteiger partial charge >= 0.3 is 0 Å². The van der Waals surface area contributed by atoms with Gasteiger partial charge in [-0.3, -0.25) is 14.7 Å². The summed E-state index contributed by atoms with van der Waals surface area (Å²) < 4.78 is 1.99. The molecule has 2 aromatic carbocycles. The van der Waals surface area contributed by atoms with Crippen LogP contribution in [0.1, 0.15) is 13.3 Å². The summed E-state index contributed by atoms with van der Waals surface area (Å²) in [7, 11) is 0. The van der Waals surface area contributed by atoms with Gasteiger partial charge in [-0.2, -0.15) is 11.8 Å². The van der Waals surface area contributed by atoms with E-state index in [-0.39, 0.29) is 5.91 Å². The molecule has 0 saturated heterocycles. The SMILES string of the molecule is CCSCCC(=O)Nc1nc2ccccc2n1-c1ccccc1. The van der Waals surface area contributed by atoms with Gasteiger partial charge in [-0.1, -0.05) is 37.3 Å². The fraction of sp³-hybridized carbons (Fsp3) is 0.222. The van der Waals surface area contributed by atoms with E-state index in [0.29, 0.717) is 12.4 Å². The lowest BCUT2D eigenvalue weighted by Crippen LogP contribution is -2.15. The number of benzene rings is 2. The topological polar surface area (TPSA) is 46.9 Å². The molecule has 0 atom stereocenters. The zero-order valence-electron chi connectivity index (χ0n) is 13.0. The Morgan fingerprint density at radius 1 is 1.13 bits per heavy atom. The van der Waals surface area contributed by atoms with Crippen LogP contribution in [0.15, 0.2) is 54.6 Å². The molecule has 23 heavy (non-hydrogen) atoms. The van der Waals surface area contributed by atoms with Gasteiger partial charge in [0.15, 0.2) is 0 Å². The molecule has 0 aliphatic heterocycles. The van der Waals surface area contributed by atoms with Crippen molar-refractivity contribution in [2.75, 3.05) is 16.8 Å². The number of imidazole rings is 1. The summed E-state index contributed by atoms with van der Waals surface area (Å²) in [4.78, 5) is 16.8. The molecule has 0 aliphatic rings. The third kappa shape index (κ3) is 3.56. The maximum atomic E-state index is 12.2. The van der Waals surface area contributed by atoms with Crippen LogP contribution < -0.4 is 5.32 Å². The Labute approximate surface area is 139 Å². The van der Waals surface area contributed by atoms with E-state index in [1.165, 1.54) is 0 Å². The van der Waals surface area contributed by atoms with Crippen LogP contribution in [0, 0.1) is 0 Å². The van der Waals surface area contributed by atoms with Gasteiger partial charge in [0.2, 0.25) is 11.9 Å². The van der Waals surface area contributed by atoms with Crippen LogP contribution in [-0.2, 0) is 4.79 Å². The van der Waals surface area contributed by atoms with Gasteiger partial charge in [-0.25, -0.2) is 4.98 Å². The molecule has 5 heteroatoms. The molecular formula is C18H19N3OS. The number of anilines is 1. The number of hydrogen-bond donors (Lipinski definition) is 1. The molecule has 3 rings (SSSR count). The van der Waals surface area contributed by atoms with E-state index < -0.39 is 0 Å². The van der Waals surface area contributed by atoms with E-state index in [1.54, 1.807) is 11.8 Å². The van der Waals surface area contributed by atoms with Crippen LogP contribution in [-0.4, -0.2) is 27.0 Å². The summed E-state index contributed by atoms with van der Waals surface area (Å²) in [5, 5.41) is 2.96. The second kappa shape index (κ2) is 7.33. The zero-order valence-corrected chi connectivity index (χ0v) is 13.8. The van der Waals surface area contributed by atoms with Crippen LogP contribution in [0.4, 0.5) is 5.95 Å². The highest BCUT2D eigenvalue weighted by Gasteiger charge is 2.14. The largest absolute Gasteiger partial charge is 0.296 e. The molecule has 0 bridgehead atoms. The molecule has 0 saturated carbocycles. The molecule has 0 aliphatic carbocycles. The molecule has 0 unspecified atom stereocenters. The van der Waals surface area contributed by atoms with Crippen molar-refractivity contribution in [3.05, 3.63) is 54.6 Å². The van der Waals surface area contributed by atoms with Crippen molar-refractivity contribution < 1.29 is 4.79 Å². The predicted octanol–water partition coefficient (Wildman–Crippen LogP) is 4.11. The Bertz CT molecular complexity index is 798. The molecule has 118 valence electrons. The monoisotopic (exact) mass is 325 g/mol. The highest BCUT2D eigenvalue weighted by atomic mass is 32.2. The first kappa shape index (κ1) is 15.6. The van der Waals surface area contributed by atoms with Crippen LogP contribution in [0.25, 0.3) is 16.7 Å². The van der Waals surface area contributed by atoms with Gasteiger partial charge in [-0.05, 0) is 30.0 Å². The molecule has 3 aromatic rings. The smallest absolute Gasteiger partial charge is 0.227 e. The van der Waals surface area contributed by atoms with Gasteiger partial charge in [0.1, 0.15) is 0 Å². The average molecular weight is 325 g/mol. The van der Waals surface area contributed by atoms with E-state index in [2.05, 4.69) is 17.2 Å². The van der Waals surface area contributed by atoms with Crippen molar-refractivity contribution in [1.29, 1.82) is 0 Å². The first-order valence-corrected chi connectivity index (χ1v) is 8.85. The maximum absolute atomic E-state index is 12.2. The minimum absolute atomic E-state index is 0.00145. The lowest BCUT2D eigenvalue weighted by Gasteiger charge is -2.10. The predicted molar refractivity (Wildman–Crippen MR) is 97.3 cm³/mol. The third-order valence-electron chi connectivity index (χ3n) is 3.50. The highest BCUT2D eigenvalue weighted by Crippen LogP contribution is 2.24. The summed E-state index contributed by atoms with van der Waals surface area (Å²) >= 11 is 1.76. The molecule has 1 N–H and O–H groups in total. The Morgan fingerprint density at radius 2 is 1.87 bits per heavy atom. The molecule has 1 amide bonds. The van der Waals surface area contributed by atoms with E-state index in [4.69, 9.17) is 0 Å². The second-order valence-electron chi connectivity index (χ2n) is 5.09. The Kier molecular flexibility index (Phi) is 4.98. The van der Waals surface area contributed by atoms with Crippen LogP contribution in [0.2, 0.25) is 0 Å². The number of rotatable bonds is 6. The van der Waals surface area contributed by atoms with Gasteiger partial charge < -0.3 is 0 Å². The fourth-order valence-corrected chi connectivity index (χ4v) is 3.06. The Balaban J connectivity index is 1.95. The lowest BCUT2D eigenvalue weighted by atomic mass is 10.3. The van der Waals surface area contributed by atoms with Crippen molar-refractivity contribution in [3.8, 4) is 5.69 Å². The van der Waals surface area contributed by atoms with E-state index in [1.807, 2.05) is 59.2 Å². The van der Waals surface area contributed by atoms with Gasteiger partial charge in [0.05, 0.1) is 11.0 Å². The lowest BCUT2D eigenvalue weighted by molar-refractivity contribution is -0.115. The Hall–Kier alpha value is -2.27. The minimum atomic E-state index is -0.00145. The standard InChI is InChI=1S/C18H19N3OS/c1-2-23-13-12-17(22)20-18-19-15-10-6-7-11-16(15)21(18)14-8-4-3-5-9-14/h3-11H,2,12-13H2,1H3,(H,19,20,22). The summed E-state index contributed by atoms with van der Waals surface area (Å²) in [6.45, 7) is 2.09. The number of carbonyl (C=O) groups is 1. The second-order valence-corrected chi connectivity index (χ2v) is 6.48. The molecule has 0 spiro atoms. The Morgan fingerprint density at radius 3 is 2.65 bits per heavy atom. The quantitative estimate of drug-likeness (QED) is 0.694. The van der Waals surface area contributed by atoms with E-state index >= 15 is 0 Å². The molecule has 0 radical (unpaired) electrons. The average Bonchev–Trinajstić information content (AvgIpc) is 2.93. The number of hydrogen-bond acceptors (Lipinski definition) is 3. The summed E-state index contributed by atoms with van der Waals surface area (Å²) in [5.74, 6) is 2.42. The number of nitrogens with one attached hydrogen (secondary N) is 1. The highest BCUT2D eigenvalue weighted by molar-refractivity contribution is 7.99. The number of para-hydroxylation sites is 3. The summed E-state index contributed by atoms with van der Waals surface area (Å²) in [5.41, 5.74) is 2.84. The first-order chi connectivity index (χ1) is 11.3. The van der Waals surface area contributed by atoms with Crippen molar-refractivity contribution in [2.45, 2.75) is 13.3 Å². The van der Waals surface area contributed by atoms with E-state index in [0.717, 1.165) is 28.2 Å². The van der Waals surface area contributed by atoms with Crippen LogP contribution in [0.5, 0.6) is 0 Å². The van der Waals surface area contributed by atoms with Crippen molar-refractivity contribution >= 4 is 34.7 Å². The van der Waals surface area contributed by atoms with Crippen LogP contribution >= 0.6 is 11.8 Å². The number of fused-ring (bicyclic) bond motifs is 1. The number of aromatic nitrogens is 2. The molecular weight excluding hydrogens is 306 g/mol.